The molecule has 0 spiro atoms. The van der Waals surface area contributed by atoms with Crippen LogP contribution in [0.5, 0.6) is 0 Å². The third-order valence-corrected chi connectivity index (χ3v) is 3.79. The van der Waals surface area contributed by atoms with Crippen LogP contribution < -0.4 is 10.0 Å². The molecule has 0 fully saturated rings. The summed E-state index contributed by atoms with van der Waals surface area (Å²) in [5, 5.41) is 4.99. The Kier molecular flexibility index (Phi) is 4.01. The summed E-state index contributed by atoms with van der Waals surface area (Å²) in [7, 11) is -2.34. The minimum Gasteiger partial charge on any atom is -0.311 e. The van der Waals surface area contributed by atoms with Crippen molar-refractivity contribution in [1.82, 2.24) is 4.98 Å². The highest BCUT2D eigenvalue weighted by Gasteiger charge is 2.18. The number of rotatable bonds is 3. The van der Waals surface area contributed by atoms with E-state index in [1.807, 2.05) is 0 Å². The molecule has 0 bridgehead atoms. The quantitative estimate of drug-likeness (QED) is 0.920. The van der Waals surface area contributed by atoms with Crippen molar-refractivity contribution in [2.24, 2.45) is 5.14 Å². The lowest BCUT2D eigenvalue weighted by atomic mass is 10.2. The van der Waals surface area contributed by atoms with Gasteiger partial charge < -0.3 is 4.90 Å². The Balaban J connectivity index is 2.30. The maximum atomic E-state index is 13.5. The summed E-state index contributed by atoms with van der Waals surface area (Å²) in [4.78, 5) is 16.9. The van der Waals surface area contributed by atoms with Gasteiger partial charge >= 0.3 is 0 Å². The number of carbonyl (C=O) groups excluding carboxylic acids is 1. The standard InChI is InChI=1S/C13H12FN3O3S/c1-17(13(18)11-6-7-16-8-12(11)14)9-2-4-10(5-3-9)21(15,19)20/h2-8H,1H3,(H2,15,19,20). The molecule has 0 aliphatic rings. The van der Waals surface area contributed by atoms with Gasteiger partial charge in [0.15, 0.2) is 5.82 Å². The topological polar surface area (TPSA) is 93.4 Å². The molecule has 1 amide bonds. The van der Waals surface area contributed by atoms with Gasteiger partial charge in [0.05, 0.1) is 16.7 Å². The van der Waals surface area contributed by atoms with E-state index in [2.05, 4.69) is 4.98 Å². The highest BCUT2D eigenvalue weighted by Crippen LogP contribution is 2.19. The van der Waals surface area contributed by atoms with Crippen LogP contribution in [0, 0.1) is 5.82 Å². The van der Waals surface area contributed by atoms with Gasteiger partial charge in [0.2, 0.25) is 10.0 Å². The summed E-state index contributed by atoms with van der Waals surface area (Å²) in [5.41, 5.74) is 0.284. The molecule has 0 unspecified atom stereocenters. The number of anilines is 1. The molecule has 0 aliphatic heterocycles. The number of hydrogen-bond donors (Lipinski definition) is 1. The minimum atomic E-state index is -3.80. The number of hydrogen-bond acceptors (Lipinski definition) is 4. The summed E-state index contributed by atoms with van der Waals surface area (Å²) in [6.07, 6.45) is 2.26. The first-order valence-corrected chi connectivity index (χ1v) is 7.36. The third-order valence-electron chi connectivity index (χ3n) is 2.86. The van der Waals surface area contributed by atoms with Crippen LogP contribution in [0.2, 0.25) is 0 Å². The average molecular weight is 309 g/mol. The van der Waals surface area contributed by atoms with Crippen LogP contribution in [0.25, 0.3) is 0 Å². The molecule has 1 aromatic carbocycles. The van der Waals surface area contributed by atoms with Gasteiger partial charge in [-0.25, -0.2) is 17.9 Å². The molecule has 0 atom stereocenters. The minimum absolute atomic E-state index is 0.0674. The largest absolute Gasteiger partial charge is 0.311 e. The number of nitrogens with zero attached hydrogens (tertiary/aromatic N) is 2. The lowest BCUT2D eigenvalue weighted by Gasteiger charge is -2.17. The molecule has 8 heteroatoms. The van der Waals surface area contributed by atoms with Gasteiger partial charge in [0.1, 0.15) is 0 Å². The normalized spacial score (nSPS) is 11.2. The second-order valence-electron chi connectivity index (χ2n) is 4.26. The van der Waals surface area contributed by atoms with Crippen LogP contribution >= 0.6 is 0 Å². The highest BCUT2D eigenvalue weighted by molar-refractivity contribution is 7.89. The molecule has 2 aromatic rings. The lowest BCUT2D eigenvalue weighted by Crippen LogP contribution is -2.27. The van der Waals surface area contributed by atoms with Crippen LogP contribution in [-0.4, -0.2) is 26.4 Å². The van der Waals surface area contributed by atoms with Gasteiger partial charge in [-0.05, 0) is 30.3 Å². The molecular formula is C13H12FN3O3S. The Labute approximate surface area is 121 Å². The predicted octanol–water partition coefficient (Wildman–Crippen LogP) is 1.14. The van der Waals surface area contributed by atoms with Crippen molar-refractivity contribution in [3.05, 3.63) is 54.1 Å². The number of benzene rings is 1. The van der Waals surface area contributed by atoms with E-state index >= 15 is 0 Å². The summed E-state index contributed by atoms with van der Waals surface area (Å²) >= 11 is 0. The number of primary sulfonamides is 1. The molecule has 2 N–H and O–H groups in total. The predicted molar refractivity (Wildman–Crippen MR) is 74.7 cm³/mol. The molecule has 0 radical (unpaired) electrons. The molecule has 1 heterocycles. The number of aromatic nitrogens is 1. The fourth-order valence-corrected chi connectivity index (χ4v) is 2.22. The zero-order valence-corrected chi connectivity index (χ0v) is 11.8. The second-order valence-corrected chi connectivity index (χ2v) is 5.82. The zero-order chi connectivity index (χ0) is 15.6. The van der Waals surface area contributed by atoms with Gasteiger partial charge in [-0.3, -0.25) is 9.78 Å². The SMILES string of the molecule is CN(C(=O)c1ccncc1F)c1ccc(S(N)(=O)=O)cc1. The second kappa shape index (κ2) is 5.58. The van der Waals surface area contributed by atoms with Gasteiger partial charge in [-0.15, -0.1) is 0 Å². The number of amides is 1. The smallest absolute Gasteiger partial charge is 0.261 e. The van der Waals surface area contributed by atoms with Crippen LogP contribution in [0.1, 0.15) is 10.4 Å². The number of carbonyl (C=O) groups is 1. The first-order valence-electron chi connectivity index (χ1n) is 5.81. The van der Waals surface area contributed by atoms with Crippen LogP contribution in [0.3, 0.4) is 0 Å². The summed E-state index contributed by atoms with van der Waals surface area (Å²) in [5.74, 6) is -1.30. The monoisotopic (exact) mass is 309 g/mol. The van der Waals surface area contributed by atoms with Crippen molar-refractivity contribution in [2.75, 3.05) is 11.9 Å². The van der Waals surface area contributed by atoms with E-state index in [1.165, 1.54) is 48.5 Å². The first-order chi connectivity index (χ1) is 9.80. The lowest BCUT2D eigenvalue weighted by molar-refractivity contribution is 0.0989. The first kappa shape index (κ1) is 15.1. The Bertz CT molecular complexity index is 776. The molecule has 6 nitrogen and oxygen atoms in total. The number of sulfonamides is 1. The summed E-state index contributed by atoms with van der Waals surface area (Å²) in [6, 6.07) is 6.65. The number of halogens is 1. The highest BCUT2D eigenvalue weighted by atomic mass is 32.2. The molecule has 21 heavy (non-hydrogen) atoms. The van der Waals surface area contributed by atoms with Crippen molar-refractivity contribution in [3.8, 4) is 0 Å². The van der Waals surface area contributed by atoms with Crippen LogP contribution in [0.15, 0.2) is 47.6 Å². The van der Waals surface area contributed by atoms with E-state index in [4.69, 9.17) is 5.14 Å². The van der Waals surface area contributed by atoms with Crippen LogP contribution in [0.4, 0.5) is 10.1 Å². The Morgan fingerprint density at radius 2 is 1.86 bits per heavy atom. The van der Waals surface area contributed by atoms with Gasteiger partial charge in [0.25, 0.3) is 5.91 Å². The fourth-order valence-electron chi connectivity index (χ4n) is 1.71. The van der Waals surface area contributed by atoms with Crippen LogP contribution in [-0.2, 0) is 10.0 Å². The van der Waals surface area contributed by atoms with Crippen molar-refractivity contribution in [2.45, 2.75) is 4.90 Å². The Morgan fingerprint density at radius 1 is 1.24 bits per heavy atom. The molecule has 0 saturated carbocycles. The van der Waals surface area contributed by atoms with E-state index in [-0.39, 0.29) is 10.5 Å². The van der Waals surface area contributed by atoms with Crippen molar-refractivity contribution in [3.63, 3.8) is 0 Å². The van der Waals surface area contributed by atoms with Crippen molar-refractivity contribution >= 4 is 21.6 Å². The molecule has 1 aromatic heterocycles. The number of pyridine rings is 1. The zero-order valence-electron chi connectivity index (χ0n) is 11.0. The summed E-state index contributed by atoms with van der Waals surface area (Å²) < 4.78 is 35.8. The van der Waals surface area contributed by atoms with E-state index in [0.29, 0.717) is 5.69 Å². The van der Waals surface area contributed by atoms with Gasteiger partial charge in [-0.2, -0.15) is 0 Å². The Hall–Kier alpha value is -2.32. The number of nitrogens with two attached hydrogens (primary N) is 1. The van der Waals surface area contributed by atoms with Crippen molar-refractivity contribution in [1.29, 1.82) is 0 Å². The molecular weight excluding hydrogens is 297 g/mol. The van der Waals surface area contributed by atoms with Gasteiger partial charge in [-0.1, -0.05) is 0 Å². The molecule has 0 aliphatic carbocycles. The molecule has 2 rings (SSSR count). The van der Waals surface area contributed by atoms with Gasteiger partial charge in [0, 0.05) is 18.9 Å². The third kappa shape index (κ3) is 3.23. The fraction of sp³-hybridized carbons (Fsp3) is 0.0769. The van der Waals surface area contributed by atoms with Crippen molar-refractivity contribution < 1.29 is 17.6 Å². The average Bonchev–Trinajstić information content (AvgIpc) is 2.45. The van der Waals surface area contributed by atoms with E-state index in [1.54, 1.807) is 0 Å². The van der Waals surface area contributed by atoms with E-state index < -0.39 is 21.7 Å². The molecule has 110 valence electrons. The Morgan fingerprint density at radius 3 is 2.38 bits per heavy atom. The van der Waals surface area contributed by atoms with E-state index in [9.17, 15) is 17.6 Å². The molecule has 0 saturated heterocycles. The maximum Gasteiger partial charge on any atom is 0.261 e. The summed E-state index contributed by atoms with van der Waals surface area (Å²) in [6.45, 7) is 0. The van der Waals surface area contributed by atoms with E-state index in [0.717, 1.165) is 6.20 Å². The maximum absolute atomic E-state index is 13.5.